The van der Waals surface area contributed by atoms with Gasteiger partial charge in [0.1, 0.15) is 6.07 Å². The highest BCUT2D eigenvalue weighted by Crippen LogP contribution is 2.00. The molecule has 0 saturated carbocycles. The van der Waals surface area contributed by atoms with Crippen molar-refractivity contribution >= 4 is 0 Å². The van der Waals surface area contributed by atoms with Crippen LogP contribution in [0.4, 0.5) is 0 Å². The van der Waals surface area contributed by atoms with Crippen LogP contribution in [0.2, 0.25) is 0 Å². The molecule has 5 nitrogen and oxygen atoms in total. The van der Waals surface area contributed by atoms with Crippen LogP contribution < -0.4 is 0 Å². The first-order valence-corrected chi connectivity index (χ1v) is 3.20. The Bertz CT molecular complexity index is 285. The van der Waals surface area contributed by atoms with Crippen molar-refractivity contribution in [2.45, 2.75) is 13.5 Å². The summed E-state index contributed by atoms with van der Waals surface area (Å²) >= 11 is 0. The third-order valence-corrected chi connectivity index (χ3v) is 1.40. The highest BCUT2D eigenvalue weighted by molar-refractivity contribution is 5.22. The zero-order valence-corrected chi connectivity index (χ0v) is 6.15. The maximum atomic E-state index is 8.55. The number of hydrogen-bond acceptors (Lipinski definition) is 4. The third-order valence-electron chi connectivity index (χ3n) is 1.40. The van der Waals surface area contributed by atoms with Gasteiger partial charge in [0.05, 0.1) is 18.8 Å². The van der Waals surface area contributed by atoms with Crippen molar-refractivity contribution in [1.82, 2.24) is 15.0 Å². The molecule has 0 amide bonds. The molecular weight excluding hydrogens is 144 g/mol. The second-order valence-corrected chi connectivity index (χ2v) is 2.08. The maximum absolute atomic E-state index is 8.55. The summed E-state index contributed by atoms with van der Waals surface area (Å²) < 4.78 is 1.50. The molecule has 58 valence electrons. The number of nitrogens with zero attached hydrogens (tertiary/aromatic N) is 4. The second kappa shape index (κ2) is 3.12. The highest BCUT2D eigenvalue weighted by Gasteiger charge is 2.05. The van der Waals surface area contributed by atoms with Crippen LogP contribution in [-0.2, 0) is 6.54 Å². The van der Waals surface area contributed by atoms with E-state index in [1.165, 1.54) is 4.68 Å². The summed E-state index contributed by atoms with van der Waals surface area (Å²) in [6.07, 6.45) is 0. The van der Waals surface area contributed by atoms with Crippen molar-refractivity contribution in [3.05, 3.63) is 11.4 Å². The first-order chi connectivity index (χ1) is 5.29. The van der Waals surface area contributed by atoms with Crippen LogP contribution in [0.5, 0.6) is 0 Å². The van der Waals surface area contributed by atoms with E-state index < -0.39 is 0 Å². The van der Waals surface area contributed by atoms with E-state index in [0.29, 0.717) is 17.9 Å². The normalized spacial score (nSPS) is 9.55. The number of hydrogen-bond donors (Lipinski definition) is 1. The SMILES string of the molecule is Cc1c(C#N)nnn1CCO. The Morgan fingerprint density at radius 2 is 2.45 bits per heavy atom. The molecule has 1 heterocycles. The summed E-state index contributed by atoms with van der Waals surface area (Å²) in [6, 6.07) is 1.90. The first kappa shape index (κ1) is 7.69. The summed E-state index contributed by atoms with van der Waals surface area (Å²) in [5.74, 6) is 0. The van der Waals surface area contributed by atoms with Gasteiger partial charge in [0, 0.05) is 0 Å². The quantitative estimate of drug-likeness (QED) is 0.617. The Hall–Kier alpha value is -1.41. The van der Waals surface area contributed by atoms with Gasteiger partial charge in [0.15, 0.2) is 5.69 Å². The molecule has 0 unspecified atom stereocenters. The predicted molar refractivity (Wildman–Crippen MR) is 36.6 cm³/mol. The molecule has 1 N–H and O–H groups in total. The van der Waals surface area contributed by atoms with Crippen molar-refractivity contribution < 1.29 is 5.11 Å². The van der Waals surface area contributed by atoms with Crippen molar-refractivity contribution in [2.24, 2.45) is 0 Å². The molecule has 0 saturated heterocycles. The predicted octanol–water partition coefficient (Wildman–Crippen LogP) is -0.550. The lowest BCUT2D eigenvalue weighted by atomic mass is 10.4. The van der Waals surface area contributed by atoms with E-state index in [2.05, 4.69) is 10.3 Å². The van der Waals surface area contributed by atoms with Crippen molar-refractivity contribution in [3.8, 4) is 6.07 Å². The van der Waals surface area contributed by atoms with Crippen molar-refractivity contribution in [1.29, 1.82) is 5.26 Å². The van der Waals surface area contributed by atoms with Crippen LogP contribution in [0.15, 0.2) is 0 Å². The molecule has 0 radical (unpaired) electrons. The van der Waals surface area contributed by atoms with E-state index >= 15 is 0 Å². The lowest BCUT2D eigenvalue weighted by Gasteiger charge is -1.96. The van der Waals surface area contributed by atoms with Crippen LogP contribution >= 0.6 is 0 Å². The van der Waals surface area contributed by atoms with Crippen molar-refractivity contribution in [2.75, 3.05) is 6.61 Å². The summed E-state index contributed by atoms with van der Waals surface area (Å²) in [5.41, 5.74) is 1.01. The van der Waals surface area contributed by atoms with Crippen LogP contribution in [0.25, 0.3) is 0 Å². The Morgan fingerprint density at radius 3 is 2.91 bits per heavy atom. The third kappa shape index (κ3) is 1.36. The minimum Gasteiger partial charge on any atom is -0.394 e. The fourth-order valence-electron chi connectivity index (χ4n) is 0.771. The number of nitriles is 1. The van der Waals surface area contributed by atoms with Gasteiger partial charge in [-0.2, -0.15) is 5.26 Å². The molecule has 0 bridgehead atoms. The molecule has 11 heavy (non-hydrogen) atoms. The van der Waals surface area contributed by atoms with Gasteiger partial charge in [-0.1, -0.05) is 5.21 Å². The van der Waals surface area contributed by atoms with E-state index in [0.717, 1.165) is 0 Å². The van der Waals surface area contributed by atoms with Gasteiger partial charge < -0.3 is 5.11 Å². The highest BCUT2D eigenvalue weighted by atomic mass is 16.3. The van der Waals surface area contributed by atoms with Crippen LogP contribution in [0.3, 0.4) is 0 Å². The first-order valence-electron chi connectivity index (χ1n) is 3.20. The molecule has 0 aliphatic carbocycles. The van der Waals surface area contributed by atoms with Gasteiger partial charge in [-0.15, -0.1) is 5.10 Å². The Kier molecular flexibility index (Phi) is 2.18. The number of aliphatic hydroxyl groups excluding tert-OH is 1. The average Bonchev–Trinajstić information content (AvgIpc) is 2.34. The standard InChI is InChI=1S/C6H8N4O/c1-5-6(4-7)8-9-10(5)2-3-11/h11H,2-3H2,1H3. The minimum absolute atomic E-state index is 0.00900. The molecule has 0 atom stereocenters. The molecule has 0 aliphatic heterocycles. The van der Waals surface area contributed by atoms with Gasteiger partial charge in [0.25, 0.3) is 0 Å². The number of aromatic nitrogens is 3. The minimum atomic E-state index is 0.00900. The van der Waals surface area contributed by atoms with E-state index in [9.17, 15) is 0 Å². The molecule has 0 aliphatic rings. The topological polar surface area (TPSA) is 74.7 Å². The fraction of sp³-hybridized carbons (Fsp3) is 0.500. The molecule has 0 fully saturated rings. The largest absolute Gasteiger partial charge is 0.394 e. The lowest BCUT2D eigenvalue weighted by Crippen LogP contribution is -2.05. The Morgan fingerprint density at radius 1 is 1.73 bits per heavy atom. The summed E-state index contributed by atoms with van der Waals surface area (Å²) in [5, 5.41) is 24.3. The molecule has 0 spiro atoms. The van der Waals surface area contributed by atoms with Crippen LogP contribution in [-0.4, -0.2) is 26.7 Å². The molecule has 5 heteroatoms. The van der Waals surface area contributed by atoms with E-state index in [1.54, 1.807) is 6.92 Å². The average molecular weight is 152 g/mol. The zero-order valence-electron chi connectivity index (χ0n) is 6.15. The Labute approximate surface area is 63.9 Å². The maximum Gasteiger partial charge on any atom is 0.185 e. The molecule has 1 aromatic rings. The fourth-order valence-corrected chi connectivity index (χ4v) is 0.771. The summed E-state index contributed by atoms with van der Waals surface area (Å²) in [4.78, 5) is 0. The van der Waals surface area contributed by atoms with Gasteiger partial charge in [-0.25, -0.2) is 4.68 Å². The van der Waals surface area contributed by atoms with Crippen LogP contribution in [0, 0.1) is 18.3 Å². The summed E-state index contributed by atoms with van der Waals surface area (Å²) in [6.45, 7) is 2.14. The van der Waals surface area contributed by atoms with Gasteiger partial charge in [-0.05, 0) is 6.92 Å². The molecular formula is C6H8N4O. The van der Waals surface area contributed by atoms with E-state index in [1.807, 2.05) is 6.07 Å². The van der Waals surface area contributed by atoms with Crippen molar-refractivity contribution in [3.63, 3.8) is 0 Å². The molecule has 0 aromatic carbocycles. The zero-order chi connectivity index (χ0) is 8.27. The second-order valence-electron chi connectivity index (χ2n) is 2.08. The smallest absolute Gasteiger partial charge is 0.185 e. The van der Waals surface area contributed by atoms with E-state index in [-0.39, 0.29) is 6.61 Å². The monoisotopic (exact) mass is 152 g/mol. The Balaban J connectivity index is 2.93. The number of aliphatic hydroxyl groups is 1. The summed E-state index contributed by atoms with van der Waals surface area (Å²) in [7, 11) is 0. The number of rotatable bonds is 2. The van der Waals surface area contributed by atoms with Crippen LogP contribution in [0.1, 0.15) is 11.4 Å². The lowest BCUT2D eigenvalue weighted by molar-refractivity contribution is 0.266. The molecule has 1 aromatic heterocycles. The van der Waals surface area contributed by atoms with Gasteiger partial charge in [0.2, 0.25) is 0 Å². The van der Waals surface area contributed by atoms with E-state index in [4.69, 9.17) is 10.4 Å². The van der Waals surface area contributed by atoms with Gasteiger partial charge >= 0.3 is 0 Å². The molecule has 1 rings (SSSR count). The van der Waals surface area contributed by atoms with Gasteiger partial charge in [-0.3, -0.25) is 0 Å².